The zero-order valence-electron chi connectivity index (χ0n) is 17.0. The molecule has 1 fully saturated rings. The van der Waals surface area contributed by atoms with Crippen LogP contribution in [0.4, 0.5) is 4.39 Å². The molecule has 1 saturated heterocycles. The third kappa shape index (κ3) is 4.20. The minimum atomic E-state index is -1.06. The minimum absolute atomic E-state index is 0.377. The molecule has 0 saturated carbocycles. The molecule has 0 N–H and O–H groups in total. The molecule has 0 atom stereocenters. The highest BCUT2D eigenvalue weighted by molar-refractivity contribution is 6.54. The first-order valence-electron chi connectivity index (χ1n) is 8.98. The van der Waals surface area contributed by atoms with E-state index in [-0.39, 0.29) is 0 Å². The summed E-state index contributed by atoms with van der Waals surface area (Å²) in [5.74, 6) is 1.36. The molecule has 1 aliphatic heterocycles. The van der Waals surface area contributed by atoms with Crippen LogP contribution in [0.2, 0.25) is 0 Å². The van der Waals surface area contributed by atoms with E-state index in [4.69, 9.17) is 18.8 Å². The van der Waals surface area contributed by atoms with Crippen LogP contribution < -0.4 is 9.47 Å². The highest BCUT2D eigenvalue weighted by Gasteiger charge is 2.53. The number of hydrogen-bond acceptors (Lipinski definition) is 6. The molecule has 0 unspecified atom stereocenters. The molecule has 3 rings (SSSR count). The second kappa shape index (κ2) is 7.56. The van der Waals surface area contributed by atoms with Crippen molar-refractivity contribution in [2.24, 2.45) is 0 Å². The molecule has 9 heteroatoms. The van der Waals surface area contributed by atoms with E-state index in [1.807, 2.05) is 39.8 Å². The number of benzene rings is 1. The second-order valence-electron chi connectivity index (χ2n) is 7.68. The minimum Gasteiger partial charge on any atom is -0.497 e. The van der Waals surface area contributed by atoms with Gasteiger partial charge in [-0.2, -0.15) is 0 Å². The quantitative estimate of drug-likeness (QED) is 0.707. The summed E-state index contributed by atoms with van der Waals surface area (Å²) in [4.78, 5) is 0. The average Bonchev–Trinajstić information content (AvgIpc) is 3.15. The number of halogens is 1. The van der Waals surface area contributed by atoms with E-state index in [1.54, 1.807) is 31.2 Å². The Bertz CT molecular complexity index is 844. The van der Waals surface area contributed by atoms with E-state index in [2.05, 4.69) is 10.3 Å². The smallest absolute Gasteiger partial charge is 0.497 e. The van der Waals surface area contributed by atoms with Gasteiger partial charge in [-0.05, 0) is 51.5 Å². The maximum absolute atomic E-state index is 14.6. The number of ether oxygens (including phenoxy) is 2. The van der Waals surface area contributed by atoms with Gasteiger partial charge in [0.25, 0.3) is 0 Å². The number of aromatic nitrogens is 3. The maximum Gasteiger partial charge on any atom is 0.525 e. The summed E-state index contributed by atoms with van der Waals surface area (Å²) in [5.41, 5.74) is -0.462. The summed E-state index contributed by atoms with van der Waals surface area (Å²) in [6, 6.07) is 5.55. The summed E-state index contributed by atoms with van der Waals surface area (Å²) in [5, 5.41) is 8.06. The Balaban J connectivity index is 1.73. The Morgan fingerprint density at radius 1 is 1.11 bits per heavy atom. The lowest BCUT2D eigenvalue weighted by molar-refractivity contribution is 0.00578. The van der Waals surface area contributed by atoms with Crippen molar-refractivity contribution < 1.29 is 23.2 Å². The van der Waals surface area contributed by atoms with Crippen molar-refractivity contribution in [2.45, 2.75) is 45.4 Å². The fourth-order valence-electron chi connectivity index (χ4n) is 2.77. The summed E-state index contributed by atoms with van der Waals surface area (Å²) in [7, 11) is 2.13. The van der Waals surface area contributed by atoms with Gasteiger partial charge in [0.1, 0.15) is 22.9 Å². The van der Waals surface area contributed by atoms with E-state index >= 15 is 0 Å². The van der Waals surface area contributed by atoms with Gasteiger partial charge in [-0.25, -0.2) is 9.07 Å². The Morgan fingerprint density at radius 3 is 2.21 bits per heavy atom. The molecular weight excluding hydrogens is 364 g/mol. The number of methoxy groups -OCH3 is 2. The van der Waals surface area contributed by atoms with Crippen molar-refractivity contribution >= 4 is 13.2 Å². The van der Waals surface area contributed by atoms with Gasteiger partial charge < -0.3 is 18.8 Å². The molecule has 150 valence electrons. The summed E-state index contributed by atoms with van der Waals surface area (Å²) in [6.45, 7) is 7.93. The lowest BCUT2D eigenvalue weighted by atomic mass is 9.87. The molecule has 0 radical (unpaired) electrons. The predicted molar refractivity (Wildman–Crippen MR) is 104 cm³/mol. The third-order valence-electron chi connectivity index (χ3n) is 5.08. The standard InChI is InChI=1S/C19H25BFN3O4/c1-18(2)19(3,4)28-20(27-18)17(21)9-14-12-24(23-22-14)11-13-7-15(25-5)10-16(8-13)26-6/h7-10,12H,11H2,1-6H3. The van der Waals surface area contributed by atoms with E-state index in [0.29, 0.717) is 23.7 Å². The zero-order chi connectivity index (χ0) is 20.5. The molecule has 1 aromatic heterocycles. The zero-order valence-corrected chi connectivity index (χ0v) is 17.0. The first-order valence-corrected chi connectivity index (χ1v) is 8.98. The van der Waals surface area contributed by atoms with Gasteiger partial charge in [-0.15, -0.1) is 5.10 Å². The monoisotopic (exact) mass is 389 g/mol. The lowest BCUT2D eigenvalue weighted by Gasteiger charge is -2.32. The fraction of sp³-hybridized carbons (Fsp3) is 0.474. The van der Waals surface area contributed by atoms with Crippen LogP contribution in [0.15, 0.2) is 30.1 Å². The Labute approximate surface area is 164 Å². The van der Waals surface area contributed by atoms with Crippen LogP contribution in [0, 0.1) is 0 Å². The average molecular weight is 389 g/mol. The van der Waals surface area contributed by atoms with E-state index < -0.39 is 24.0 Å². The molecule has 0 bridgehead atoms. The van der Waals surface area contributed by atoms with E-state index in [0.717, 1.165) is 5.56 Å². The van der Waals surface area contributed by atoms with E-state index in [1.165, 1.54) is 6.08 Å². The van der Waals surface area contributed by atoms with Gasteiger partial charge >= 0.3 is 7.12 Å². The lowest BCUT2D eigenvalue weighted by Crippen LogP contribution is -2.41. The van der Waals surface area contributed by atoms with Crippen LogP contribution >= 0.6 is 0 Å². The van der Waals surface area contributed by atoms with E-state index in [9.17, 15) is 4.39 Å². The molecule has 0 spiro atoms. The van der Waals surface area contributed by atoms with Crippen LogP contribution in [-0.2, 0) is 15.9 Å². The first-order chi connectivity index (χ1) is 13.1. The Kier molecular flexibility index (Phi) is 5.49. The summed E-state index contributed by atoms with van der Waals surface area (Å²) in [6.07, 6.45) is 2.93. The molecule has 1 aromatic carbocycles. The molecule has 28 heavy (non-hydrogen) atoms. The van der Waals surface area contributed by atoms with Crippen LogP contribution in [0.25, 0.3) is 6.08 Å². The predicted octanol–water partition coefficient (Wildman–Crippen LogP) is 3.29. The molecule has 0 aliphatic carbocycles. The van der Waals surface area contributed by atoms with Crippen molar-refractivity contribution in [1.29, 1.82) is 0 Å². The molecule has 1 aliphatic rings. The van der Waals surface area contributed by atoms with Crippen molar-refractivity contribution in [2.75, 3.05) is 14.2 Å². The molecular formula is C19H25BFN3O4. The molecule has 0 amide bonds. The largest absolute Gasteiger partial charge is 0.525 e. The number of nitrogens with zero attached hydrogens (tertiary/aromatic N) is 3. The van der Waals surface area contributed by atoms with Gasteiger partial charge in [-0.1, -0.05) is 5.21 Å². The maximum atomic E-state index is 14.6. The van der Waals surface area contributed by atoms with Gasteiger partial charge in [0.2, 0.25) is 0 Å². The summed E-state index contributed by atoms with van der Waals surface area (Å²) >= 11 is 0. The first kappa shape index (κ1) is 20.4. The van der Waals surface area contributed by atoms with Crippen LogP contribution in [0.3, 0.4) is 0 Å². The second-order valence-corrected chi connectivity index (χ2v) is 7.68. The van der Waals surface area contributed by atoms with Crippen molar-refractivity contribution in [3.8, 4) is 11.5 Å². The van der Waals surface area contributed by atoms with Gasteiger partial charge in [0.15, 0.2) is 0 Å². The molecule has 7 nitrogen and oxygen atoms in total. The van der Waals surface area contributed by atoms with Crippen LogP contribution in [0.5, 0.6) is 11.5 Å². The normalized spacial score (nSPS) is 18.4. The van der Waals surface area contributed by atoms with Crippen molar-refractivity contribution in [1.82, 2.24) is 15.0 Å². The summed E-state index contributed by atoms with van der Waals surface area (Å²) < 4.78 is 38.2. The van der Waals surface area contributed by atoms with Crippen molar-refractivity contribution in [3.05, 3.63) is 41.4 Å². The SMILES string of the molecule is COc1cc(Cn2cc(C=C(F)B3OC(C)(C)C(C)(C)O3)nn2)cc(OC)c1. The Morgan fingerprint density at radius 2 is 1.68 bits per heavy atom. The van der Waals surface area contributed by atoms with Gasteiger partial charge in [0.05, 0.1) is 38.2 Å². The third-order valence-corrected chi connectivity index (χ3v) is 5.08. The van der Waals surface area contributed by atoms with Crippen molar-refractivity contribution in [3.63, 3.8) is 0 Å². The number of hydrogen-bond donors (Lipinski definition) is 0. The highest BCUT2D eigenvalue weighted by Crippen LogP contribution is 2.39. The van der Waals surface area contributed by atoms with Crippen LogP contribution in [-0.4, -0.2) is 47.5 Å². The topological polar surface area (TPSA) is 67.6 Å². The Hall–Kier alpha value is -2.39. The molecule has 2 aromatic rings. The fourth-order valence-corrected chi connectivity index (χ4v) is 2.77. The van der Waals surface area contributed by atoms with Gasteiger partial charge in [0, 0.05) is 6.07 Å². The highest BCUT2D eigenvalue weighted by atomic mass is 19.1. The molecule has 2 heterocycles. The van der Waals surface area contributed by atoms with Crippen LogP contribution in [0.1, 0.15) is 39.0 Å². The number of rotatable bonds is 6. The van der Waals surface area contributed by atoms with Gasteiger partial charge in [-0.3, -0.25) is 0 Å².